The fourth-order valence-electron chi connectivity index (χ4n) is 5.49. The molecular formula is C26H29ClF2N6O4S. The van der Waals surface area contributed by atoms with E-state index in [0.717, 1.165) is 25.0 Å². The molecule has 14 heteroatoms. The molecule has 10 nitrogen and oxygen atoms in total. The maximum atomic E-state index is 13.8. The van der Waals surface area contributed by atoms with Gasteiger partial charge in [-0.2, -0.15) is 10.4 Å². The number of hydrogen-bond donors (Lipinski definition) is 1. The Morgan fingerprint density at radius 3 is 2.55 bits per heavy atom. The number of carbonyl (C=O) groups is 1. The van der Waals surface area contributed by atoms with Gasteiger partial charge in [0.1, 0.15) is 11.4 Å². The van der Waals surface area contributed by atoms with Gasteiger partial charge in [-0.1, -0.05) is 11.6 Å². The summed E-state index contributed by atoms with van der Waals surface area (Å²) in [7, 11) is -4.01. The summed E-state index contributed by atoms with van der Waals surface area (Å²) in [6, 6.07) is 8.34. The van der Waals surface area contributed by atoms with Crippen LogP contribution < -0.4 is 15.1 Å². The highest BCUT2D eigenvalue weighted by Crippen LogP contribution is 2.41. The van der Waals surface area contributed by atoms with Crippen LogP contribution in [0.3, 0.4) is 0 Å². The van der Waals surface area contributed by atoms with Gasteiger partial charge in [0.15, 0.2) is 16.1 Å². The third kappa shape index (κ3) is 4.85. The zero-order valence-corrected chi connectivity index (χ0v) is 23.4. The molecule has 1 amide bonds. The predicted octanol–water partition coefficient (Wildman–Crippen LogP) is 4.19. The van der Waals surface area contributed by atoms with E-state index in [4.69, 9.17) is 16.3 Å². The molecule has 40 heavy (non-hydrogen) atoms. The van der Waals surface area contributed by atoms with E-state index in [1.807, 2.05) is 17.7 Å². The van der Waals surface area contributed by atoms with Crippen molar-refractivity contribution in [3.05, 3.63) is 35.0 Å². The van der Waals surface area contributed by atoms with Gasteiger partial charge in [0, 0.05) is 24.7 Å². The number of rotatable bonds is 7. The van der Waals surface area contributed by atoms with E-state index in [9.17, 15) is 27.3 Å². The minimum absolute atomic E-state index is 0.0257. The van der Waals surface area contributed by atoms with Crippen molar-refractivity contribution >= 4 is 39.0 Å². The first-order valence-corrected chi connectivity index (χ1v) is 15.2. The average molecular weight is 595 g/mol. The molecule has 1 aromatic heterocycles. The van der Waals surface area contributed by atoms with Gasteiger partial charge in [0.2, 0.25) is 0 Å². The van der Waals surface area contributed by atoms with Crippen LogP contribution >= 0.6 is 11.6 Å². The maximum Gasteiger partial charge on any atom is 0.410 e. The van der Waals surface area contributed by atoms with Crippen LogP contribution in [0.1, 0.15) is 50.3 Å². The lowest BCUT2D eigenvalue weighted by Crippen LogP contribution is -2.56. The van der Waals surface area contributed by atoms with Crippen molar-refractivity contribution < 1.29 is 26.7 Å². The number of nitrogens with zero attached hydrogens (tertiary/aromatic N) is 5. The number of amides is 1. The number of anilines is 2. The summed E-state index contributed by atoms with van der Waals surface area (Å²) in [5, 5.41) is 15.6. The molecule has 1 N–H and O–H groups in total. The van der Waals surface area contributed by atoms with E-state index >= 15 is 0 Å². The Balaban J connectivity index is 1.27. The van der Waals surface area contributed by atoms with E-state index in [2.05, 4.69) is 16.5 Å². The Bertz CT molecular complexity index is 1490. The normalized spacial score (nSPS) is 25.1. The summed E-state index contributed by atoms with van der Waals surface area (Å²) >= 11 is 6.41. The van der Waals surface area contributed by atoms with Crippen molar-refractivity contribution in [3.8, 4) is 6.07 Å². The molecule has 0 unspecified atom stereocenters. The summed E-state index contributed by atoms with van der Waals surface area (Å²) in [5.41, 5.74) is 0.242. The molecule has 2 atom stereocenters. The number of carbonyl (C=O) groups excluding carboxylic acids is 1. The number of nitriles is 1. The van der Waals surface area contributed by atoms with Crippen LogP contribution in [0.5, 0.6) is 0 Å². The Kier molecular flexibility index (Phi) is 6.42. The van der Waals surface area contributed by atoms with Crippen LogP contribution in [0.2, 0.25) is 5.02 Å². The van der Waals surface area contributed by atoms with E-state index in [1.165, 1.54) is 23.1 Å². The van der Waals surface area contributed by atoms with Gasteiger partial charge in [-0.3, -0.25) is 0 Å². The minimum atomic E-state index is -4.01. The molecular weight excluding hydrogens is 566 g/mol. The van der Waals surface area contributed by atoms with E-state index in [-0.39, 0.29) is 28.9 Å². The number of halogens is 3. The van der Waals surface area contributed by atoms with Gasteiger partial charge >= 0.3 is 6.09 Å². The first kappa shape index (κ1) is 27.1. The molecule has 214 valence electrons. The standard InChI is InChI=1S/C26H29ClF2N6O4S/c1-16-9-22(35(32-16)17-3-2-4-17)34-12-19(11-23(34)39-24(36)31-25(13-30)7-8-25)40(37,38)21-6-5-18(10-20(21)27)33-14-26(28,29)15-33/h5-6,9-10,17,19,23H,2-4,7-8,11-12,14-15H2,1H3,(H,31,36)/t19-,23+/m1/s1. The Morgan fingerprint density at radius 2 is 1.98 bits per heavy atom. The molecule has 1 aromatic carbocycles. The van der Waals surface area contributed by atoms with Crippen LogP contribution in [-0.2, 0) is 14.6 Å². The van der Waals surface area contributed by atoms with Gasteiger partial charge in [-0.15, -0.1) is 0 Å². The Hall–Kier alpha value is -3.11. The number of sulfone groups is 1. The number of alkyl halides is 2. The van der Waals surface area contributed by atoms with Gasteiger partial charge < -0.3 is 19.9 Å². The average Bonchev–Trinajstić information content (AvgIpc) is 3.31. The Morgan fingerprint density at radius 1 is 1.25 bits per heavy atom. The molecule has 4 fully saturated rings. The summed E-state index contributed by atoms with van der Waals surface area (Å²) < 4.78 is 62.0. The van der Waals surface area contributed by atoms with Crippen molar-refractivity contribution in [2.75, 3.05) is 29.4 Å². The number of nitrogens with one attached hydrogen (secondary N) is 1. The first-order valence-electron chi connectivity index (χ1n) is 13.3. The fraction of sp³-hybridized carbons (Fsp3) is 0.577. The number of ether oxygens (including phenoxy) is 1. The van der Waals surface area contributed by atoms with Crippen molar-refractivity contribution in [2.24, 2.45) is 0 Å². The summed E-state index contributed by atoms with van der Waals surface area (Å²) in [6.45, 7) is 0.979. The third-order valence-corrected chi connectivity index (χ3v) is 10.8. The lowest BCUT2D eigenvalue weighted by molar-refractivity contribution is -0.0262. The lowest BCUT2D eigenvalue weighted by atomic mass is 9.93. The molecule has 0 bridgehead atoms. The number of aryl methyl sites for hydroxylation is 1. The van der Waals surface area contributed by atoms with Gasteiger partial charge in [0.25, 0.3) is 5.92 Å². The molecule has 2 saturated heterocycles. The SMILES string of the molecule is Cc1cc(N2C[C@H](S(=O)(=O)c3ccc(N4CC(F)(F)C4)cc3Cl)C[C@@H]2OC(=O)NC2(C#N)CC2)n(C2CCC2)n1. The van der Waals surface area contributed by atoms with Crippen molar-refractivity contribution in [1.29, 1.82) is 5.26 Å². The number of benzene rings is 1. The fourth-order valence-corrected chi connectivity index (χ4v) is 7.71. The smallest absolute Gasteiger partial charge is 0.410 e. The topological polar surface area (TPSA) is 121 Å². The van der Waals surface area contributed by atoms with Gasteiger partial charge in [-0.05, 0) is 57.2 Å². The van der Waals surface area contributed by atoms with Crippen molar-refractivity contribution in [2.45, 2.75) is 79.3 Å². The summed E-state index contributed by atoms with van der Waals surface area (Å²) in [4.78, 5) is 15.9. The van der Waals surface area contributed by atoms with Crippen molar-refractivity contribution in [1.82, 2.24) is 15.1 Å². The maximum absolute atomic E-state index is 13.8. The van der Waals surface area contributed by atoms with E-state index < -0.39 is 52.0 Å². The molecule has 2 aliphatic heterocycles. The first-order chi connectivity index (χ1) is 18.9. The van der Waals surface area contributed by atoms with Crippen LogP contribution in [0.15, 0.2) is 29.2 Å². The molecule has 3 heterocycles. The molecule has 0 spiro atoms. The summed E-state index contributed by atoms with van der Waals surface area (Å²) in [5.74, 6) is -2.11. The van der Waals surface area contributed by atoms with Crippen molar-refractivity contribution in [3.63, 3.8) is 0 Å². The highest BCUT2D eigenvalue weighted by Gasteiger charge is 2.48. The van der Waals surface area contributed by atoms with E-state index in [1.54, 1.807) is 4.90 Å². The highest BCUT2D eigenvalue weighted by molar-refractivity contribution is 7.92. The minimum Gasteiger partial charge on any atom is -0.425 e. The highest BCUT2D eigenvalue weighted by atomic mass is 35.5. The molecule has 2 saturated carbocycles. The molecule has 2 aromatic rings. The second-order valence-corrected chi connectivity index (χ2v) is 13.8. The molecule has 2 aliphatic carbocycles. The largest absolute Gasteiger partial charge is 0.425 e. The number of hydrogen-bond acceptors (Lipinski definition) is 8. The van der Waals surface area contributed by atoms with Crippen LogP contribution in [-0.4, -0.2) is 66.9 Å². The van der Waals surface area contributed by atoms with Crippen LogP contribution in [0.25, 0.3) is 0 Å². The molecule has 0 radical (unpaired) electrons. The zero-order valence-electron chi connectivity index (χ0n) is 21.8. The second-order valence-electron chi connectivity index (χ2n) is 11.2. The monoisotopic (exact) mass is 594 g/mol. The zero-order chi connectivity index (χ0) is 28.4. The molecule has 4 aliphatic rings. The summed E-state index contributed by atoms with van der Waals surface area (Å²) in [6.07, 6.45) is 2.29. The third-order valence-electron chi connectivity index (χ3n) is 8.18. The quantitative estimate of drug-likeness (QED) is 0.507. The lowest BCUT2D eigenvalue weighted by Gasteiger charge is -2.40. The number of aromatic nitrogens is 2. The Labute approximate surface area is 235 Å². The van der Waals surface area contributed by atoms with Crippen LogP contribution in [0, 0.1) is 18.3 Å². The van der Waals surface area contributed by atoms with Gasteiger partial charge in [-0.25, -0.2) is 26.7 Å². The second kappa shape index (κ2) is 9.48. The van der Waals surface area contributed by atoms with Gasteiger partial charge in [0.05, 0.1) is 46.1 Å². The predicted molar refractivity (Wildman–Crippen MR) is 142 cm³/mol. The molecule has 6 rings (SSSR count). The van der Waals surface area contributed by atoms with Crippen LogP contribution in [0.4, 0.5) is 25.1 Å². The number of alkyl carbamates (subject to hydrolysis) is 1. The van der Waals surface area contributed by atoms with E-state index in [0.29, 0.717) is 24.3 Å².